The number of hydrogen-bond donors (Lipinski definition) is 1. The summed E-state index contributed by atoms with van der Waals surface area (Å²) in [5.74, 6) is -0.121. The van der Waals surface area contributed by atoms with Gasteiger partial charge in [0.1, 0.15) is 0 Å². The zero-order valence-electron chi connectivity index (χ0n) is 13.4. The van der Waals surface area contributed by atoms with E-state index in [1.165, 1.54) is 0 Å². The van der Waals surface area contributed by atoms with Gasteiger partial charge in [0.25, 0.3) is 5.91 Å². The maximum absolute atomic E-state index is 12.6. The van der Waals surface area contributed by atoms with Crippen molar-refractivity contribution in [2.75, 3.05) is 7.05 Å². The fourth-order valence-corrected chi connectivity index (χ4v) is 3.62. The molecule has 2 N–H and O–H groups in total. The second-order valence-corrected chi connectivity index (χ2v) is 7.07. The number of carbonyl (C=O) groups excluding carboxylic acids is 1. The minimum absolute atomic E-state index is 0.0344. The smallest absolute Gasteiger partial charge is 0.276 e. The minimum Gasteiger partial charge on any atom is -0.333 e. The molecule has 1 aliphatic rings. The Morgan fingerprint density at radius 2 is 2.17 bits per heavy atom. The van der Waals surface area contributed by atoms with Crippen LogP contribution in [0.4, 0.5) is 0 Å². The van der Waals surface area contributed by atoms with Gasteiger partial charge in [-0.1, -0.05) is 5.21 Å². The Morgan fingerprint density at radius 3 is 2.83 bits per heavy atom. The standard InChI is InChI=1S/C15H22N6OS/c1-10(14-7-17-9-23-14)20(2)15(22)13-8-21(19-18-13)12-5-3-11(16)4-6-12/h7-12H,3-6,16H2,1-2H3. The van der Waals surface area contributed by atoms with E-state index >= 15 is 0 Å². The first kappa shape index (κ1) is 16.1. The average molecular weight is 334 g/mol. The van der Waals surface area contributed by atoms with Crippen LogP contribution >= 0.6 is 11.3 Å². The Labute approximate surface area is 139 Å². The van der Waals surface area contributed by atoms with E-state index in [1.54, 1.807) is 41.2 Å². The topological polar surface area (TPSA) is 89.9 Å². The highest BCUT2D eigenvalue weighted by molar-refractivity contribution is 7.09. The quantitative estimate of drug-likeness (QED) is 0.924. The first-order chi connectivity index (χ1) is 11.1. The van der Waals surface area contributed by atoms with Crippen molar-refractivity contribution >= 4 is 17.2 Å². The van der Waals surface area contributed by atoms with Crippen molar-refractivity contribution in [2.45, 2.75) is 50.7 Å². The van der Waals surface area contributed by atoms with Crippen LogP contribution in [0.5, 0.6) is 0 Å². The molecule has 8 heteroatoms. The van der Waals surface area contributed by atoms with E-state index in [1.807, 2.05) is 11.6 Å². The van der Waals surface area contributed by atoms with E-state index in [0.717, 1.165) is 30.6 Å². The first-order valence-electron chi connectivity index (χ1n) is 7.89. The first-order valence-corrected chi connectivity index (χ1v) is 8.77. The summed E-state index contributed by atoms with van der Waals surface area (Å²) in [6.07, 6.45) is 7.53. The maximum atomic E-state index is 12.6. The van der Waals surface area contributed by atoms with Crippen molar-refractivity contribution in [3.05, 3.63) is 28.5 Å². The monoisotopic (exact) mass is 334 g/mol. The van der Waals surface area contributed by atoms with E-state index < -0.39 is 0 Å². The molecular weight excluding hydrogens is 312 g/mol. The summed E-state index contributed by atoms with van der Waals surface area (Å²) in [5, 5.41) is 8.23. The van der Waals surface area contributed by atoms with Gasteiger partial charge in [0.2, 0.25) is 0 Å². The van der Waals surface area contributed by atoms with Crippen molar-refractivity contribution in [2.24, 2.45) is 5.73 Å². The molecule has 0 radical (unpaired) electrons. The Kier molecular flexibility index (Phi) is 4.72. The number of aromatic nitrogens is 4. The molecule has 1 aliphatic carbocycles. The molecule has 23 heavy (non-hydrogen) atoms. The second kappa shape index (κ2) is 6.76. The third-order valence-electron chi connectivity index (χ3n) is 4.61. The Hall–Kier alpha value is -1.80. The molecule has 0 bridgehead atoms. The molecule has 1 saturated carbocycles. The number of carbonyl (C=O) groups is 1. The molecular formula is C15H22N6OS. The second-order valence-electron chi connectivity index (χ2n) is 6.15. The van der Waals surface area contributed by atoms with Crippen molar-refractivity contribution in [3.63, 3.8) is 0 Å². The maximum Gasteiger partial charge on any atom is 0.276 e. The van der Waals surface area contributed by atoms with Crippen LogP contribution in [0.3, 0.4) is 0 Å². The number of amides is 1. The predicted molar refractivity (Wildman–Crippen MR) is 88.1 cm³/mol. The van der Waals surface area contributed by atoms with Crippen LogP contribution < -0.4 is 5.73 Å². The van der Waals surface area contributed by atoms with Crippen LogP contribution in [0, 0.1) is 0 Å². The van der Waals surface area contributed by atoms with Crippen LogP contribution in [0.15, 0.2) is 17.9 Å². The summed E-state index contributed by atoms with van der Waals surface area (Å²) in [4.78, 5) is 19.4. The van der Waals surface area contributed by atoms with Gasteiger partial charge in [0, 0.05) is 24.2 Å². The van der Waals surface area contributed by atoms with E-state index in [0.29, 0.717) is 17.8 Å². The molecule has 1 fully saturated rings. The highest BCUT2D eigenvalue weighted by Gasteiger charge is 2.25. The van der Waals surface area contributed by atoms with Crippen LogP contribution in [0.25, 0.3) is 0 Å². The van der Waals surface area contributed by atoms with E-state index in [4.69, 9.17) is 5.73 Å². The summed E-state index contributed by atoms with van der Waals surface area (Å²) in [6, 6.07) is 0.558. The van der Waals surface area contributed by atoms with Crippen molar-refractivity contribution in [1.29, 1.82) is 0 Å². The van der Waals surface area contributed by atoms with Gasteiger partial charge in [0.15, 0.2) is 5.69 Å². The average Bonchev–Trinajstić information content (AvgIpc) is 3.25. The SMILES string of the molecule is CC(c1cncs1)N(C)C(=O)c1cn(C2CCC(N)CC2)nn1. The molecule has 2 heterocycles. The van der Waals surface area contributed by atoms with E-state index in [9.17, 15) is 4.79 Å². The number of hydrogen-bond acceptors (Lipinski definition) is 6. The van der Waals surface area contributed by atoms with Crippen LogP contribution in [-0.2, 0) is 0 Å². The molecule has 2 aromatic rings. The lowest BCUT2D eigenvalue weighted by Crippen LogP contribution is -2.29. The molecule has 1 atom stereocenters. The van der Waals surface area contributed by atoms with Gasteiger partial charge in [-0.05, 0) is 32.6 Å². The van der Waals surface area contributed by atoms with Gasteiger partial charge in [-0.3, -0.25) is 9.78 Å². The van der Waals surface area contributed by atoms with Gasteiger partial charge >= 0.3 is 0 Å². The molecule has 7 nitrogen and oxygen atoms in total. The Bertz CT molecular complexity index is 647. The van der Waals surface area contributed by atoms with Gasteiger partial charge in [-0.25, -0.2) is 4.68 Å². The molecule has 0 saturated heterocycles. The van der Waals surface area contributed by atoms with Crippen LogP contribution in [-0.4, -0.2) is 43.9 Å². The summed E-state index contributed by atoms with van der Waals surface area (Å²) in [7, 11) is 1.78. The highest BCUT2D eigenvalue weighted by Crippen LogP contribution is 2.27. The van der Waals surface area contributed by atoms with Gasteiger partial charge in [0.05, 0.1) is 23.8 Å². The lowest BCUT2D eigenvalue weighted by Gasteiger charge is -2.25. The summed E-state index contributed by atoms with van der Waals surface area (Å²) in [5.41, 5.74) is 8.10. The zero-order chi connectivity index (χ0) is 16.4. The van der Waals surface area contributed by atoms with Gasteiger partial charge < -0.3 is 10.6 Å². The zero-order valence-corrected chi connectivity index (χ0v) is 14.2. The van der Waals surface area contributed by atoms with Gasteiger partial charge in [-0.15, -0.1) is 16.4 Å². The summed E-state index contributed by atoms with van der Waals surface area (Å²) >= 11 is 1.54. The predicted octanol–water partition coefficient (Wildman–Crippen LogP) is 2.01. The normalized spacial score (nSPS) is 22.7. The Balaban J connectivity index is 1.68. The third-order valence-corrected chi connectivity index (χ3v) is 5.56. The summed E-state index contributed by atoms with van der Waals surface area (Å²) < 4.78 is 1.82. The summed E-state index contributed by atoms with van der Waals surface area (Å²) in [6.45, 7) is 1.98. The van der Waals surface area contributed by atoms with Gasteiger partial charge in [-0.2, -0.15) is 0 Å². The molecule has 124 valence electrons. The largest absolute Gasteiger partial charge is 0.333 e. The van der Waals surface area contributed by atoms with Crippen LogP contribution in [0.2, 0.25) is 0 Å². The highest BCUT2D eigenvalue weighted by atomic mass is 32.1. The molecule has 0 spiro atoms. The Morgan fingerprint density at radius 1 is 1.43 bits per heavy atom. The van der Waals surface area contributed by atoms with Crippen molar-refractivity contribution < 1.29 is 4.79 Å². The number of nitrogens with two attached hydrogens (primary N) is 1. The number of thiazole rings is 1. The molecule has 3 rings (SSSR count). The fraction of sp³-hybridized carbons (Fsp3) is 0.600. The molecule has 1 amide bonds. The molecule has 1 unspecified atom stereocenters. The third kappa shape index (κ3) is 3.42. The molecule has 2 aromatic heterocycles. The van der Waals surface area contributed by atoms with E-state index in [-0.39, 0.29) is 11.9 Å². The molecule has 0 aliphatic heterocycles. The molecule has 0 aromatic carbocycles. The lowest BCUT2D eigenvalue weighted by molar-refractivity contribution is 0.0738. The van der Waals surface area contributed by atoms with Crippen LogP contribution in [0.1, 0.15) is 60.1 Å². The number of nitrogens with zero attached hydrogens (tertiary/aromatic N) is 5. The fourth-order valence-electron chi connectivity index (χ4n) is 2.90. The lowest BCUT2D eigenvalue weighted by atomic mass is 9.92. The number of rotatable bonds is 4. The van der Waals surface area contributed by atoms with Crippen molar-refractivity contribution in [1.82, 2.24) is 24.9 Å². The van der Waals surface area contributed by atoms with E-state index in [2.05, 4.69) is 15.3 Å². The minimum atomic E-state index is -0.121. The van der Waals surface area contributed by atoms with Crippen molar-refractivity contribution in [3.8, 4) is 0 Å².